The monoisotopic (exact) mass is 540 g/mol. The Bertz CT molecular complexity index is 3350. The van der Waals surface area contributed by atoms with Gasteiger partial charge in [0.2, 0.25) is 0 Å². The number of nitrogens with zero attached hydrogens (tertiary/aromatic N) is 1. The molecule has 0 N–H and O–H groups in total. The molecule has 0 saturated heterocycles. The summed E-state index contributed by atoms with van der Waals surface area (Å²) in [4.78, 5) is 0.618. The highest BCUT2D eigenvalue weighted by molar-refractivity contribution is 7.26. The van der Waals surface area contributed by atoms with Gasteiger partial charge in [-0.1, -0.05) is 84.6 Å². The van der Waals surface area contributed by atoms with Gasteiger partial charge in [-0.25, -0.2) is 0 Å². The number of hydrogen-bond donors (Lipinski definition) is 0. The van der Waals surface area contributed by atoms with Crippen LogP contribution in [0.25, 0.3) is 53.2 Å². The zero-order valence-electron chi connectivity index (χ0n) is 42.3. The first-order chi connectivity index (χ1) is 28.9. The maximum atomic E-state index is 9.53. The van der Waals surface area contributed by atoms with E-state index in [1.807, 2.05) is 0 Å². The Morgan fingerprint density at radius 2 is 1.18 bits per heavy atom. The van der Waals surface area contributed by atoms with Gasteiger partial charge in [0.1, 0.15) is 11.2 Å². The van der Waals surface area contributed by atoms with Crippen LogP contribution >= 0.6 is 11.3 Å². The number of benzene rings is 6. The lowest BCUT2D eigenvalue weighted by atomic mass is 10.0. The van der Waals surface area contributed by atoms with Gasteiger partial charge in [-0.05, 0) is 59.5 Å². The van der Waals surface area contributed by atoms with Gasteiger partial charge in [-0.3, -0.25) is 0 Å². The maximum Gasteiger partial charge on any atom is 0.137 e. The predicted molar refractivity (Wildman–Crippen MR) is 167 cm³/mol. The van der Waals surface area contributed by atoms with Gasteiger partial charge in [0, 0.05) is 48.4 Å². The van der Waals surface area contributed by atoms with E-state index in [0.29, 0.717) is 16.2 Å². The molecule has 0 atom stereocenters. The molecule has 8 aromatic rings. The average Bonchev–Trinajstić information content (AvgIpc) is 3.85. The van der Waals surface area contributed by atoms with Gasteiger partial charge >= 0.3 is 0 Å². The molecular weight excluding hydrogens is 494 g/mol. The first-order valence-electron chi connectivity index (χ1n) is 22.7. The van der Waals surface area contributed by atoms with E-state index in [4.69, 9.17) is 25.0 Å². The highest BCUT2D eigenvalue weighted by Crippen LogP contribution is 2.45. The van der Waals surface area contributed by atoms with Crippen molar-refractivity contribution in [3.8, 4) is 11.1 Å². The van der Waals surface area contributed by atoms with Crippen LogP contribution in [0.5, 0.6) is 0 Å². The quantitative estimate of drug-likeness (QED) is 0.221. The second-order valence-electron chi connectivity index (χ2n) is 8.03. The molecule has 0 saturated carbocycles. The number of furan rings is 1. The highest BCUT2D eigenvalue weighted by Gasteiger charge is 2.19. The number of thiophene rings is 1. The van der Waals surface area contributed by atoms with Gasteiger partial charge in [-0.15, -0.1) is 11.3 Å². The Kier molecular flexibility index (Phi) is 2.07. The summed E-state index contributed by atoms with van der Waals surface area (Å²) in [6.07, 6.45) is 0. The number of para-hydroxylation sites is 1. The summed E-state index contributed by atoms with van der Waals surface area (Å²) < 4.78 is 207. The molecule has 0 spiro atoms. The Labute approximate surface area is 262 Å². The summed E-state index contributed by atoms with van der Waals surface area (Å²) in [5.41, 5.74) is -5.15. The lowest BCUT2D eigenvalue weighted by molar-refractivity contribution is 0.669. The first kappa shape index (κ1) is 9.11. The SMILES string of the molecule is [2H]c1c([2H])c([2H])c(-c2c([2H])c([2H])c(N(c3c([2H])c([2H])c4c(oc5c([2H])c([2H])c([2H])c([2H])c54)c3[2H])c3c([2H])c([2H])c([2H])c4sc5c([2H])c([2H])c([2H])c([2H])c5c34)c([2H])c2[2H])c([2H])c1[2H]. The Balaban J connectivity index is 1.64. The van der Waals surface area contributed by atoms with E-state index < -0.39 is 184 Å². The number of rotatable bonds is 4. The van der Waals surface area contributed by atoms with Crippen molar-refractivity contribution in [2.45, 2.75) is 0 Å². The summed E-state index contributed by atoms with van der Waals surface area (Å²) >= 11 is 0.626. The van der Waals surface area contributed by atoms with Crippen molar-refractivity contribution in [3.63, 3.8) is 0 Å². The lowest BCUT2D eigenvalue weighted by Gasteiger charge is -2.26. The molecule has 0 amide bonds. The van der Waals surface area contributed by atoms with Crippen LogP contribution < -0.4 is 4.90 Å². The highest BCUT2D eigenvalue weighted by atomic mass is 32.1. The number of anilines is 3. The minimum atomic E-state index is -1.09. The van der Waals surface area contributed by atoms with Gasteiger partial charge in [-0.2, -0.15) is 0 Å². The maximum absolute atomic E-state index is 9.53. The van der Waals surface area contributed by atoms with Crippen LogP contribution in [0.2, 0.25) is 0 Å². The summed E-state index contributed by atoms with van der Waals surface area (Å²) in [7, 11) is 0. The minimum absolute atomic E-state index is 0.170. The van der Waals surface area contributed by atoms with E-state index >= 15 is 0 Å². The number of hydrogen-bond acceptors (Lipinski definition) is 3. The normalized spacial score (nSPS) is 19.8. The third-order valence-electron chi connectivity index (χ3n) is 5.83. The van der Waals surface area contributed by atoms with Crippen molar-refractivity contribution in [2.24, 2.45) is 0 Å². The second-order valence-corrected chi connectivity index (χ2v) is 9.05. The third kappa shape index (κ3) is 3.63. The molecule has 0 fully saturated rings. The van der Waals surface area contributed by atoms with Crippen molar-refractivity contribution in [1.29, 1.82) is 0 Å². The van der Waals surface area contributed by atoms with Crippen LogP contribution in [0.1, 0.15) is 31.5 Å². The minimum Gasteiger partial charge on any atom is -0.456 e. The molecule has 2 aromatic heterocycles. The van der Waals surface area contributed by atoms with Crippen LogP contribution in [-0.4, -0.2) is 0 Å². The smallest absolute Gasteiger partial charge is 0.137 e. The second kappa shape index (κ2) is 8.87. The van der Waals surface area contributed by atoms with E-state index in [-0.39, 0.29) is 25.6 Å². The largest absolute Gasteiger partial charge is 0.456 e. The summed E-state index contributed by atoms with van der Waals surface area (Å²) in [6, 6.07) is -19.3. The zero-order chi connectivity index (χ0) is 45.8. The van der Waals surface area contributed by atoms with Gasteiger partial charge in [0.05, 0.1) is 37.2 Å². The molecule has 39 heavy (non-hydrogen) atoms. The molecule has 0 aliphatic carbocycles. The third-order valence-corrected chi connectivity index (χ3v) is 6.85. The number of fused-ring (bicyclic) bond motifs is 6. The topological polar surface area (TPSA) is 16.4 Å². The Hall–Kier alpha value is -4.86. The van der Waals surface area contributed by atoms with Crippen molar-refractivity contribution in [3.05, 3.63) is 139 Å². The molecular formula is C36H23NOS. The molecule has 2 nitrogen and oxygen atoms in total. The summed E-state index contributed by atoms with van der Waals surface area (Å²) in [5.74, 6) is 0. The molecule has 0 aliphatic rings. The van der Waals surface area contributed by atoms with Crippen LogP contribution in [0.15, 0.2) is 143 Å². The average molecular weight is 541 g/mol. The van der Waals surface area contributed by atoms with Crippen molar-refractivity contribution in [1.82, 2.24) is 0 Å². The summed E-state index contributed by atoms with van der Waals surface area (Å²) in [6.45, 7) is 0. The molecule has 2 heterocycles. The fourth-order valence-electron chi connectivity index (χ4n) is 4.16. The van der Waals surface area contributed by atoms with Crippen molar-refractivity contribution < 1.29 is 35.9 Å². The first-order valence-corrected chi connectivity index (χ1v) is 12.1. The molecule has 8 rings (SSSR count). The van der Waals surface area contributed by atoms with Crippen molar-refractivity contribution >= 4 is 70.5 Å². The van der Waals surface area contributed by atoms with E-state index in [2.05, 4.69) is 0 Å². The molecule has 3 heteroatoms. The summed E-state index contributed by atoms with van der Waals surface area (Å²) in [5, 5.41) is -1.53. The predicted octanol–water partition coefficient (Wildman–Crippen LogP) is 11.1. The van der Waals surface area contributed by atoms with Gasteiger partial charge < -0.3 is 9.32 Å². The molecule has 0 bridgehead atoms. The Morgan fingerprint density at radius 3 is 2.05 bits per heavy atom. The van der Waals surface area contributed by atoms with E-state index in [0.717, 1.165) is 0 Å². The van der Waals surface area contributed by atoms with Crippen LogP contribution in [0.4, 0.5) is 17.1 Å². The standard InChI is InChI=1S/C36H23NOS/c1-2-9-24(10-3-1)25-17-19-26(20-18-25)37(27-21-22-29-28-11-4-6-14-32(28)38-33(29)23-27)31-13-8-16-35-36(31)30-12-5-7-15-34(30)39-35/h1-23H/i1D,2D,3D,4D,5D,6D,7D,8D,9D,10D,11D,12D,13D,14D,15D,16D,17D,18D,19D,20D,21D,22D,23D. The molecule has 0 aliphatic heterocycles. The van der Waals surface area contributed by atoms with E-state index in [1.165, 1.54) is 0 Å². The van der Waals surface area contributed by atoms with Gasteiger partial charge in [0.15, 0.2) is 0 Å². The Morgan fingerprint density at radius 1 is 0.513 bits per heavy atom. The van der Waals surface area contributed by atoms with Crippen LogP contribution in [0, 0.1) is 0 Å². The van der Waals surface area contributed by atoms with Crippen molar-refractivity contribution in [2.75, 3.05) is 4.90 Å². The fourth-order valence-corrected chi connectivity index (χ4v) is 5.13. The zero-order valence-corrected chi connectivity index (χ0v) is 20.1. The molecule has 6 aromatic carbocycles. The van der Waals surface area contributed by atoms with E-state index in [9.17, 15) is 11.0 Å². The molecule has 0 unspecified atom stereocenters. The van der Waals surface area contributed by atoms with Crippen LogP contribution in [-0.2, 0) is 0 Å². The van der Waals surface area contributed by atoms with Crippen LogP contribution in [0.3, 0.4) is 0 Å². The molecule has 0 radical (unpaired) electrons. The lowest BCUT2D eigenvalue weighted by Crippen LogP contribution is -2.10. The molecule has 184 valence electrons. The fraction of sp³-hybridized carbons (Fsp3) is 0. The van der Waals surface area contributed by atoms with Gasteiger partial charge in [0.25, 0.3) is 0 Å². The van der Waals surface area contributed by atoms with E-state index in [1.54, 1.807) is 0 Å².